The van der Waals surface area contributed by atoms with Crippen molar-refractivity contribution in [1.29, 1.82) is 0 Å². The van der Waals surface area contributed by atoms with Gasteiger partial charge < -0.3 is 0 Å². The third kappa shape index (κ3) is 3.23. The Morgan fingerprint density at radius 3 is 3.00 bits per heavy atom. The fourth-order valence-corrected chi connectivity index (χ4v) is 2.23. The molecule has 0 aromatic carbocycles. The molecule has 0 saturated carbocycles. The first-order valence-electron chi connectivity index (χ1n) is 6.85. The van der Waals surface area contributed by atoms with Crippen LogP contribution in [0.4, 0.5) is 5.82 Å². The average Bonchev–Trinajstić information content (AvgIpc) is 2.48. The Bertz CT molecular complexity index is 681. The van der Waals surface area contributed by atoms with Crippen LogP contribution in [-0.4, -0.2) is 16.5 Å². The van der Waals surface area contributed by atoms with Gasteiger partial charge in [0.1, 0.15) is 11.5 Å². The number of aromatic nitrogens is 1. The maximum absolute atomic E-state index is 12.3. The number of nitrogens with one attached hydrogen (secondary N) is 1. The molecule has 0 saturated heterocycles. The lowest BCUT2D eigenvalue weighted by molar-refractivity contribution is -0.109. The summed E-state index contributed by atoms with van der Waals surface area (Å²) in [4.78, 5) is 16.4. The quantitative estimate of drug-likeness (QED) is 0.845. The summed E-state index contributed by atoms with van der Waals surface area (Å²) in [5, 5.41) is 4.28. The van der Waals surface area contributed by atoms with Gasteiger partial charge in [-0.15, -0.1) is 0 Å². The molecule has 1 aromatic heterocycles. The molecule has 2 bridgehead atoms. The van der Waals surface area contributed by atoms with Crippen LogP contribution in [0.1, 0.15) is 6.42 Å². The first kappa shape index (κ1) is 13.2. The molecule has 4 nitrogen and oxygen atoms in total. The first-order chi connectivity index (χ1) is 10.3. The van der Waals surface area contributed by atoms with Gasteiger partial charge in [0.25, 0.3) is 0 Å². The minimum atomic E-state index is -0.0750. The molecular weight excluding hydrogens is 262 g/mol. The molecule has 4 heteroatoms. The summed E-state index contributed by atoms with van der Waals surface area (Å²) < 4.78 is 0. The highest BCUT2D eigenvalue weighted by atomic mass is 16.1. The van der Waals surface area contributed by atoms with Crippen molar-refractivity contribution in [2.75, 3.05) is 5.43 Å². The first-order valence-corrected chi connectivity index (χ1v) is 6.85. The maximum atomic E-state index is 12.3. The number of pyridine rings is 1. The second-order valence-corrected chi connectivity index (χ2v) is 4.81. The highest BCUT2D eigenvalue weighted by Gasteiger charge is 2.20. The molecule has 2 aliphatic rings. The van der Waals surface area contributed by atoms with E-state index in [9.17, 15) is 4.79 Å². The van der Waals surface area contributed by atoms with Gasteiger partial charge in [-0.2, -0.15) is 5.10 Å². The number of anilines is 1. The fraction of sp³-hybridized carbons (Fsp3) is 0.118. The molecule has 3 rings (SSSR count). The van der Waals surface area contributed by atoms with Crippen molar-refractivity contribution >= 4 is 17.3 Å². The Labute approximate surface area is 123 Å². The summed E-state index contributed by atoms with van der Waals surface area (Å²) >= 11 is 0. The molecular formula is C17H15N3O. The van der Waals surface area contributed by atoms with Gasteiger partial charge in [-0.1, -0.05) is 42.5 Å². The van der Waals surface area contributed by atoms with Crippen LogP contribution >= 0.6 is 0 Å². The number of hydrogen-bond donors (Lipinski definition) is 1. The average molecular weight is 277 g/mol. The molecule has 0 aliphatic heterocycles. The number of allylic oxidation sites excluding steroid dienone is 8. The van der Waals surface area contributed by atoms with E-state index in [4.69, 9.17) is 0 Å². The Balaban J connectivity index is 1.91. The number of ketones is 1. The predicted octanol–water partition coefficient (Wildman–Crippen LogP) is 3.05. The molecule has 1 N–H and O–H groups in total. The van der Waals surface area contributed by atoms with Gasteiger partial charge in [-0.25, -0.2) is 4.98 Å². The number of nitrogens with zero attached hydrogens (tertiary/aromatic N) is 2. The van der Waals surface area contributed by atoms with Crippen LogP contribution in [0.15, 0.2) is 77.6 Å². The van der Waals surface area contributed by atoms with E-state index in [0.717, 1.165) is 12.0 Å². The van der Waals surface area contributed by atoms with E-state index >= 15 is 0 Å². The molecule has 1 unspecified atom stereocenters. The minimum Gasteiger partial charge on any atom is -0.288 e. The Hall–Kier alpha value is -2.75. The van der Waals surface area contributed by atoms with Crippen LogP contribution in [0, 0.1) is 5.92 Å². The Morgan fingerprint density at radius 1 is 1.19 bits per heavy atom. The zero-order valence-corrected chi connectivity index (χ0v) is 11.4. The van der Waals surface area contributed by atoms with Crippen molar-refractivity contribution in [1.82, 2.24) is 4.98 Å². The lowest BCUT2D eigenvalue weighted by Gasteiger charge is -2.15. The Kier molecular flexibility index (Phi) is 3.87. The lowest BCUT2D eigenvalue weighted by Crippen LogP contribution is -2.23. The van der Waals surface area contributed by atoms with E-state index in [-0.39, 0.29) is 11.7 Å². The second kappa shape index (κ2) is 6.13. The van der Waals surface area contributed by atoms with Gasteiger partial charge in [0.15, 0.2) is 0 Å². The molecule has 2 aliphatic carbocycles. The minimum absolute atomic E-state index is 0.0291. The van der Waals surface area contributed by atoms with E-state index in [1.54, 1.807) is 12.3 Å². The van der Waals surface area contributed by atoms with Gasteiger partial charge in [0.2, 0.25) is 5.78 Å². The summed E-state index contributed by atoms with van der Waals surface area (Å²) in [6.45, 7) is 0. The summed E-state index contributed by atoms with van der Waals surface area (Å²) in [6.07, 6.45) is 15.9. The third-order valence-electron chi connectivity index (χ3n) is 3.34. The highest BCUT2D eigenvalue weighted by Crippen LogP contribution is 2.19. The van der Waals surface area contributed by atoms with E-state index in [0.29, 0.717) is 11.5 Å². The van der Waals surface area contributed by atoms with Crippen molar-refractivity contribution in [3.05, 3.63) is 72.5 Å². The maximum Gasteiger partial charge on any atom is 0.202 e. The van der Waals surface area contributed by atoms with E-state index in [1.807, 2.05) is 48.6 Å². The topological polar surface area (TPSA) is 54.4 Å². The molecule has 1 heterocycles. The predicted molar refractivity (Wildman–Crippen MR) is 83.9 cm³/mol. The normalized spacial score (nSPS) is 28.0. The molecule has 0 spiro atoms. The molecule has 21 heavy (non-hydrogen) atoms. The largest absolute Gasteiger partial charge is 0.288 e. The zero-order valence-electron chi connectivity index (χ0n) is 11.4. The Morgan fingerprint density at radius 2 is 2.14 bits per heavy atom. The van der Waals surface area contributed by atoms with Crippen molar-refractivity contribution in [3.63, 3.8) is 0 Å². The fourth-order valence-electron chi connectivity index (χ4n) is 2.23. The number of hydrogen-bond acceptors (Lipinski definition) is 4. The highest BCUT2D eigenvalue weighted by molar-refractivity contribution is 6.45. The number of fused-ring (bicyclic) bond motifs is 2. The summed E-state index contributed by atoms with van der Waals surface area (Å²) in [6, 6.07) is 5.51. The van der Waals surface area contributed by atoms with E-state index in [2.05, 4.69) is 21.6 Å². The number of carbonyl (C=O) groups excluding carboxylic acids is 1. The molecule has 0 radical (unpaired) electrons. The van der Waals surface area contributed by atoms with Crippen LogP contribution in [0.3, 0.4) is 0 Å². The van der Waals surface area contributed by atoms with Crippen LogP contribution in [0.25, 0.3) is 0 Å². The van der Waals surface area contributed by atoms with E-state index in [1.165, 1.54) is 0 Å². The van der Waals surface area contributed by atoms with E-state index < -0.39 is 0 Å². The van der Waals surface area contributed by atoms with Crippen molar-refractivity contribution in [2.24, 2.45) is 11.0 Å². The second-order valence-electron chi connectivity index (χ2n) is 4.81. The van der Waals surface area contributed by atoms with Crippen LogP contribution < -0.4 is 5.43 Å². The zero-order chi connectivity index (χ0) is 14.5. The molecule has 1 atom stereocenters. The lowest BCUT2D eigenvalue weighted by atomic mass is 9.90. The number of hydrazone groups is 1. The smallest absolute Gasteiger partial charge is 0.202 e. The monoisotopic (exact) mass is 277 g/mol. The van der Waals surface area contributed by atoms with Crippen LogP contribution in [-0.2, 0) is 4.79 Å². The molecule has 1 aromatic rings. The van der Waals surface area contributed by atoms with Gasteiger partial charge in [0.05, 0.1) is 0 Å². The SMILES string of the molecule is O=C1C=CC2=C\CC(\C=C/C=C\2)C1=NNc1ccccn1. The van der Waals surface area contributed by atoms with Crippen LogP contribution in [0.2, 0.25) is 0 Å². The third-order valence-corrected chi connectivity index (χ3v) is 3.34. The van der Waals surface area contributed by atoms with Gasteiger partial charge in [-0.05, 0) is 30.2 Å². The molecule has 104 valence electrons. The van der Waals surface area contributed by atoms with Crippen LogP contribution in [0.5, 0.6) is 0 Å². The van der Waals surface area contributed by atoms with Gasteiger partial charge in [-0.3, -0.25) is 10.2 Å². The summed E-state index contributed by atoms with van der Waals surface area (Å²) in [5.74, 6) is 0.516. The van der Waals surface area contributed by atoms with Crippen molar-refractivity contribution in [3.8, 4) is 0 Å². The van der Waals surface area contributed by atoms with Crippen molar-refractivity contribution < 1.29 is 4.79 Å². The van der Waals surface area contributed by atoms with Gasteiger partial charge >= 0.3 is 0 Å². The molecule has 0 amide bonds. The van der Waals surface area contributed by atoms with Gasteiger partial charge in [0, 0.05) is 12.1 Å². The number of carbonyl (C=O) groups is 1. The summed E-state index contributed by atoms with van der Waals surface area (Å²) in [7, 11) is 0. The molecule has 0 fully saturated rings. The summed E-state index contributed by atoms with van der Waals surface area (Å²) in [5.41, 5.74) is 4.41. The van der Waals surface area contributed by atoms with Crippen molar-refractivity contribution in [2.45, 2.75) is 6.42 Å². The number of rotatable bonds is 2. The standard InChI is InChI=1S/C17H15N3O/c21-15-11-9-13-5-1-2-6-14(10-8-13)17(15)20-19-16-7-3-4-12-18-16/h1-9,11-12,14H,10H2,(H,18,19)/b5-1-,6-2-,11-9?,13-8-,20-17?.